The van der Waals surface area contributed by atoms with E-state index >= 15 is 0 Å². The molecule has 0 saturated carbocycles. The van der Waals surface area contributed by atoms with Gasteiger partial charge in [0.15, 0.2) is 0 Å². The van der Waals surface area contributed by atoms with E-state index in [4.69, 9.17) is 20.4 Å². The summed E-state index contributed by atoms with van der Waals surface area (Å²) in [6, 6.07) is 0. The van der Waals surface area contributed by atoms with Gasteiger partial charge in [-0.2, -0.15) is 0 Å². The highest BCUT2D eigenvalue weighted by molar-refractivity contribution is 7.75. The molecule has 0 saturated heterocycles. The molecule has 0 heterocycles. The largest absolute Gasteiger partial charge is 0.392 e. The van der Waals surface area contributed by atoms with Gasteiger partial charge in [-0.15, -0.1) is 11.6 Å². The third-order valence-electron chi connectivity index (χ3n) is 1.20. The molecule has 0 unspecified atom stereocenters. The summed E-state index contributed by atoms with van der Waals surface area (Å²) >= 11 is 4.64. The van der Waals surface area contributed by atoms with Crippen LogP contribution in [-0.4, -0.2) is 52.2 Å². The van der Waals surface area contributed by atoms with Gasteiger partial charge in [0.25, 0.3) is 0 Å². The predicted molar refractivity (Wildman–Crippen MR) is 47.0 cm³/mol. The van der Waals surface area contributed by atoms with Crippen molar-refractivity contribution in [3.8, 4) is 0 Å². The average Bonchev–Trinajstić information content (AvgIpc) is 2.13. The van der Waals surface area contributed by atoms with Gasteiger partial charge in [-0.1, -0.05) is 0 Å². The number of hydrogen-bond acceptors (Lipinski definition) is 4. The van der Waals surface area contributed by atoms with Gasteiger partial charge in [-0.25, -0.2) is 0 Å². The van der Waals surface area contributed by atoms with E-state index in [0.29, 0.717) is 0 Å². The van der Waals surface area contributed by atoms with Crippen molar-refractivity contribution in [1.82, 2.24) is 0 Å². The maximum absolute atomic E-state index is 8.55. The molecule has 0 aliphatic carbocycles. The van der Waals surface area contributed by atoms with Crippen molar-refractivity contribution in [3.63, 3.8) is 0 Å². The summed E-state index contributed by atoms with van der Waals surface area (Å²) in [5.74, 6) is 0. The second-order valence-corrected chi connectivity index (χ2v) is 5.72. The molecular formula is C5H15ClO4P. The van der Waals surface area contributed by atoms with Crippen LogP contribution in [0.15, 0.2) is 0 Å². The molecule has 0 aliphatic heterocycles. The Morgan fingerprint density at radius 2 is 1.00 bits per heavy atom. The number of halogens is 1. The van der Waals surface area contributed by atoms with Gasteiger partial charge in [-0.05, 0) is 7.26 Å². The zero-order valence-corrected chi connectivity index (χ0v) is 8.09. The smallest absolute Gasteiger partial charge is 0.0653 e. The topological polar surface area (TPSA) is 80.9 Å². The molecule has 0 amide bonds. The summed E-state index contributed by atoms with van der Waals surface area (Å²) in [4.78, 5) is 0. The summed E-state index contributed by atoms with van der Waals surface area (Å²) in [6.07, 6.45) is 0.292. The average molecular weight is 206 g/mol. The highest BCUT2D eigenvalue weighted by atomic mass is 35.5. The minimum Gasteiger partial charge on any atom is -0.392 e. The van der Waals surface area contributed by atoms with Crippen molar-refractivity contribution in [2.24, 2.45) is 0 Å². The van der Waals surface area contributed by atoms with Crippen molar-refractivity contribution in [2.45, 2.75) is 0 Å². The van der Waals surface area contributed by atoms with E-state index in [1.54, 1.807) is 0 Å². The van der Waals surface area contributed by atoms with Crippen molar-refractivity contribution >= 4 is 18.9 Å². The minimum absolute atomic E-state index is 0.295. The van der Waals surface area contributed by atoms with E-state index in [2.05, 4.69) is 11.6 Å². The Kier molecular flexibility index (Phi) is 11.1. The molecule has 0 fully saturated rings. The number of rotatable bonds is 4. The van der Waals surface area contributed by atoms with E-state index in [9.17, 15) is 0 Å². The van der Waals surface area contributed by atoms with Crippen LogP contribution in [0.25, 0.3) is 0 Å². The Labute approximate surface area is 71.8 Å². The van der Waals surface area contributed by atoms with E-state index < -0.39 is 7.26 Å². The van der Waals surface area contributed by atoms with E-state index in [-0.39, 0.29) is 25.4 Å². The Morgan fingerprint density at radius 1 is 0.818 bits per heavy atom. The maximum atomic E-state index is 8.55. The molecule has 0 spiro atoms. The Hall–Kier alpha value is 0.560. The van der Waals surface area contributed by atoms with Gasteiger partial charge in [0.2, 0.25) is 0 Å². The number of hydrogen-bond donors (Lipinski definition) is 4. The molecule has 71 valence electrons. The lowest BCUT2D eigenvalue weighted by Crippen LogP contribution is -2.10. The van der Waals surface area contributed by atoms with Crippen LogP contribution in [0.3, 0.4) is 0 Å². The van der Waals surface area contributed by atoms with Gasteiger partial charge < -0.3 is 20.4 Å². The Balaban J connectivity index is 0. The fraction of sp³-hybridized carbons (Fsp3) is 1.00. The fourth-order valence-corrected chi connectivity index (χ4v) is 0.805. The summed E-state index contributed by atoms with van der Waals surface area (Å²) in [6.45, 7) is 0. The lowest BCUT2D eigenvalue weighted by Gasteiger charge is -2.26. The number of aliphatic hydroxyl groups excluding tert-OH is 4. The van der Waals surface area contributed by atoms with Crippen molar-refractivity contribution in [2.75, 3.05) is 31.8 Å². The maximum Gasteiger partial charge on any atom is 0.0653 e. The van der Waals surface area contributed by atoms with Crippen LogP contribution in [0.5, 0.6) is 0 Å². The predicted octanol–water partition coefficient (Wildman–Crippen LogP) is -0.342. The zero-order chi connectivity index (χ0) is 9.33. The standard InChI is InChI=1S/C4H12O4P.CH3Cl/c5-1-9(2-6,3-7)4-8;1-2/h5-8H,1-4H2;1H3. The highest BCUT2D eigenvalue weighted by Crippen LogP contribution is 2.54. The van der Waals surface area contributed by atoms with Crippen LogP contribution in [0, 0.1) is 0 Å². The third kappa shape index (κ3) is 4.90. The van der Waals surface area contributed by atoms with Crippen molar-refractivity contribution in [1.29, 1.82) is 0 Å². The first-order valence-electron chi connectivity index (χ1n) is 2.91. The second-order valence-electron chi connectivity index (χ2n) is 1.91. The molecule has 1 radical (unpaired) electrons. The van der Waals surface area contributed by atoms with Gasteiger partial charge in [0.05, 0.1) is 25.4 Å². The SMILES string of the molecule is CCl.OC[P](CO)(CO)CO. The monoisotopic (exact) mass is 205 g/mol. The number of alkyl halides is 1. The Bertz CT molecular complexity index is 61.4. The quantitative estimate of drug-likeness (QED) is 0.374. The molecule has 6 heteroatoms. The summed E-state index contributed by atoms with van der Waals surface area (Å²) in [5, 5.41) is 34.2. The van der Waals surface area contributed by atoms with Crippen molar-refractivity contribution < 1.29 is 20.4 Å². The molecule has 0 aliphatic rings. The molecular weight excluding hydrogens is 190 g/mol. The molecule has 4 N–H and O–H groups in total. The number of aliphatic hydroxyl groups is 4. The normalized spacial score (nSPS) is 10.4. The fourth-order valence-electron chi connectivity index (χ4n) is 0.268. The molecule has 0 aromatic carbocycles. The molecule has 0 atom stereocenters. The molecule has 0 aromatic heterocycles. The van der Waals surface area contributed by atoms with Crippen LogP contribution in [0.4, 0.5) is 0 Å². The third-order valence-corrected chi connectivity index (χ3v) is 3.60. The summed E-state index contributed by atoms with van der Waals surface area (Å²) in [5.41, 5.74) is 0. The van der Waals surface area contributed by atoms with E-state index in [1.807, 2.05) is 0 Å². The van der Waals surface area contributed by atoms with Crippen LogP contribution in [0.1, 0.15) is 0 Å². The molecule has 0 bridgehead atoms. The van der Waals surface area contributed by atoms with Crippen LogP contribution in [0.2, 0.25) is 0 Å². The first kappa shape index (κ1) is 14.1. The molecule has 0 rings (SSSR count). The molecule has 0 aromatic rings. The second kappa shape index (κ2) is 8.65. The van der Waals surface area contributed by atoms with E-state index in [0.717, 1.165) is 0 Å². The lowest BCUT2D eigenvalue weighted by molar-refractivity contribution is 0.288. The van der Waals surface area contributed by atoms with E-state index in [1.165, 1.54) is 6.38 Å². The van der Waals surface area contributed by atoms with Crippen LogP contribution >= 0.6 is 18.9 Å². The Morgan fingerprint density at radius 3 is 1.00 bits per heavy atom. The van der Waals surface area contributed by atoms with Crippen LogP contribution < -0.4 is 0 Å². The molecule has 11 heavy (non-hydrogen) atoms. The first-order valence-corrected chi connectivity index (χ1v) is 6.19. The summed E-state index contributed by atoms with van der Waals surface area (Å²) in [7, 11) is -2.20. The van der Waals surface area contributed by atoms with Crippen LogP contribution in [-0.2, 0) is 0 Å². The zero-order valence-electron chi connectivity index (χ0n) is 6.44. The van der Waals surface area contributed by atoms with Gasteiger partial charge >= 0.3 is 0 Å². The highest BCUT2D eigenvalue weighted by Gasteiger charge is 2.23. The minimum atomic E-state index is -2.20. The molecule has 4 nitrogen and oxygen atoms in total. The van der Waals surface area contributed by atoms with Gasteiger partial charge in [0, 0.05) is 6.38 Å². The van der Waals surface area contributed by atoms with Gasteiger partial charge in [-0.3, -0.25) is 0 Å². The van der Waals surface area contributed by atoms with Gasteiger partial charge in [0.1, 0.15) is 0 Å². The van der Waals surface area contributed by atoms with Crippen molar-refractivity contribution in [3.05, 3.63) is 0 Å². The summed E-state index contributed by atoms with van der Waals surface area (Å²) < 4.78 is 0. The first-order chi connectivity index (χ1) is 5.24. The lowest BCUT2D eigenvalue weighted by atomic mass is 11.6.